The van der Waals surface area contributed by atoms with Crippen molar-refractivity contribution < 1.29 is 14.3 Å². The summed E-state index contributed by atoms with van der Waals surface area (Å²) in [5, 5.41) is -0.336. The Morgan fingerprint density at radius 3 is 2.60 bits per heavy atom. The van der Waals surface area contributed by atoms with Crippen LogP contribution in [-0.4, -0.2) is 18.2 Å². The molecule has 0 saturated carbocycles. The fourth-order valence-corrected chi connectivity index (χ4v) is 1.56. The quantitative estimate of drug-likeness (QED) is 0.628. The minimum Gasteiger partial charge on any atom is -0.469 e. The average Bonchev–Trinajstić information content (AvgIpc) is 2.20. The molecule has 3 nitrogen and oxygen atoms in total. The molecule has 1 rings (SSSR count). The van der Waals surface area contributed by atoms with E-state index in [4.69, 9.17) is 0 Å². The first-order chi connectivity index (χ1) is 7.06. The van der Waals surface area contributed by atoms with E-state index in [0.29, 0.717) is 11.1 Å². The van der Waals surface area contributed by atoms with Gasteiger partial charge in [0.05, 0.1) is 13.5 Å². The van der Waals surface area contributed by atoms with Crippen molar-refractivity contribution in [2.75, 3.05) is 7.11 Å². The van der Waals surface area contributed by atoms with Crippen LogP contribution < -0.4 is 0 Å². The second kappa shape index (κ2) is 4.98. The maximum atomic E-state index is 11.2. The first-order valence-corrected chi connectivity index (χ1v) is 4.89. The molecular formula is C11H12O3S. The monoisotopic (exact) mass is 224 g/mol. The number of benzene rings is 1. The smallest absolute Gasteiger partial charge is 0.310 e. The number of carbonyl (C=O) groups excluding carboxylic acids is 2. The zero-order chi connectivity index (χ0) is 11.4. The van der Waals surface area contributed by atoms with Gasteiger partial charge in [0.1, 0.15) is 0 Å². The van der Waals surface area contributed by atoms with Gasteiger partial charge in [0, 0.05) is 5.56 Å². The van der Waals surface area contributed by atoms with Crippen LogP contribution in [0.3, 0.4) is 0 Å². The van der Waals surface area contributed by atoms with Crippen LogP contribution >= 0.6 is 12.6 Å². The summed E-state index contributed by atoms with van der Waals surface area (Å²) in [4.78, 5) is 22.4. The van der Waals surface area contributed by atoms with E-state index in [1.807, 2.05) is 13.0 Å². The third-order valence-corrected chi connectivity index (χ3v) is 2.43. The van der Waals surface area contributed by atoms with Crippen LogP contribution in [0, 0.1) is 6.92 Å². The fraction of sp³-hybridized carbons (Fsp3) is 0.273. The molecule has 0 amide bonds. The average molecular weight is 224 g/mol. The lowest BCUT2D eigenvalue weighted by atomic mass is 10.00. The van der Waals surface area contributed by atoms with Crippen molar-refractivity contribution in [2.24, 2.45) is 0 Å². The van der Waals surface area contributed by atoms with E-state index in [2.05, 4.69) is 17.4 Å². The summed E-state index contributed by atoms with van der Waals surface area (Å²) in [6.45, 7) is 1.85. The van der Waals surface area contributed by atoms with Crippen LogP contribution in [0.2, 0.25) is 0 Å². The Hall–Kier alpha value is -1.29. The number of thiol groups is 1. The predicted molar refractivity (Wildman–Crippen MR) is 60.2 cm³/mol. The lowest BCUT2D eigenvalue weighted by molar-refractivity contribution is -0.139. The van der Waals surface area contributed by atoms with Gasteiger partial charge >= 0.3 is 5.97 Å². The van der Waals surface area contributed by atoms with Gasteiger partial charge in [-0.15, -0.1) is 12.6 Å². The fourth-order valence-electron chi connectivity index (χ4n) is 1.35. The van der Waals surface area contributed by atoms with Crippen LogP contribution in [0.5, 0.6) is 0 Å². The van der Waals surface area contributed by atoms with Gasteiger partial charge in [-0.25, -0.2) is 0 Å². The number of hydrogen-bond donors (Lipinski definition) is 1. The summed E-state index contributed by atoms with van der Waals surface area (Å²) in [6.07, 6.45) is 0.102. The number of methoxy groups -OCH3 is 1. The highest BCUT2D eigenvalue weighted by Gasteiger charge is 2.13. The van der Waals surface area contributed by atoms with Gasteiger partial charge in [0.25, 0.3) is 0 Å². The third kappa shape index (κ3) is 2.83. The number of hydrogen-bond acceptors (Lipinski definition) is 3. The molecule has 0 aromatic heterocycles. The van der Waals surface area contributed by atoms with Crippen molar-refractivity contribution in [2.45, 2.75) is 13.3 Å². The number of carbonyl (C=O) groups is 2. The maximum Gasteiger partial charge on any atom is 0.310 e. The Morgan fingerprint density at radius 2 is 2.07 bits per heavy atom. The second-order valence-electron chi connectivity index (χ2n) is 3.16. The molecule has 4 heteroatoms. The van der Waals surface area contributed by atoms with Crippen LogP contribution in [0.1, 0.15) is 21.5 Å². The molecule has 0 aliphatic carbocycles. The van der Waals surface area contributed by atoms with Gasteiger partial charge in [-0.1, -0.05) is 18.2 Å². The lowest BCUT2D eigenvalue weighted by Crippen LogP contribution is -2.09. The summed E-state index contributed by atoms with van der Waals surface area (Å²) < 4.78 is 4.57. The number of esters is 1. The van der Waals surface area contributed by atoms with Gasteiger partial charge in [0.15, 0.2) is 0 Å². The summed E-state index contributed by atoms with van der Waals surface area (Å²) in [5.74, 6) is -0.361. The SMILES string of the molecule is COC(=O)Cc1c(C)cccc1C(=O)S. The molecule has 0 N–H and O–H groups in total. The Morgan fingerprint density at radius 1 is 1.40 bits per heavy atom. The summed E-state index contributed by atoms with van der Waals surface area (Å²) >= 11 is 3.77. The van der Waals surface area contributed by atoms with Crippen molar-refractivity contribution in [3.05, 3.63) is 34.9 Å². The van der Waals surface area contributed by atoms with Crippen LogP contribution in [0.15, 0.2) is 18.2 Å². The third-order valence-electron chi connectivity index (χ3n) is 2.19. The number of aryl methyl sites for hydroxylation is 1. The molecule has 0 atom stereocenters. The van der Waals surface area contributed by atoms with Crippen molar-refractivity contribution in [3.63, 3.8) is 0 Å². The Balaban J connectivity index is 3.13. The highest BCUT2D eigenvalue weighted by atomic mass is 32.1. The van der Waals surface area contributed by atoms with E-state index in [9.17, 15) is 9.59 Å². The molecule has 80 valence electrons. The molecule has 0 radical (unpaired) electrons. The van der Waals surface area contributed by atoms with E-state index in [0.717, 1.165) is 5.56 Å². The maximum absolute atomic E-state index is 11.2. The van der Waals surface area contributed by atoms with E-state index in [1.54, 1.807) is 12.1 Å². The van der Waals surface area contributed by atoms with Gasteiger partial charge in [-0.2, -0.15) is 0 Å². The van der Waals surface area contributed by atoms with E-state index in [1.165, 1.54) is 7.11 Å². The molecular weight excluding hydrogens is 212 g/mol. The van der Waals surface area contributed by atoms with E-state index >= 15 is 0 Å². The van der Waals surface area contributed by atoms with Gasteiger partial charge < -0.3 is 4.74 Å². The minimum absolute atomic E-state index is 0.102. The Labute approximate surface area is 93.8 Å². The molecule has 0 saturated heterocycles. The first kappa shape index (κ1) is 11.8. The van der Waals surface area contributed by atoms with Crippen LogP contribution in [-0.2, 0) is 16.0 Å². The number of ether oxygens (including phenoxy) is 1. The zero-order valence-corrected chi connectivity index (χ0v) is 9.51. The molecule has 0 heterocycles. The summed E-state index contributed by atoms with van der Waals surface area (Å²) in [6, 6.07) is 5.26. The van der Waals surface area contributed by atoms with Crippen LogP contribution in [0.25, 0.3) is 0 Å². The Kier molecular flexibility index (Phi) is 3.91. The van der Waals surface area contributed by atoms with Crippen LogP contribution in [0.4, 0.5) is 0 Å². The predicted octanol–water partition coefficient (Wildman–Crippen LogP) is 1.78. The molecule has 0 unspecified atom stereocenters. The lowest BCUT2D eigenvalue weighted by Gasteiger charge is -2.08. The van der Waals surface area contributed by atoms with Crippen molar-refractivity contribution in [1.82, 2.24) is 0 Å². The number of rotatable bonds is 3. The van der Waals surface area contributed by atoms with Crippen molar-refractivity contribution >= 4 is 23.7 Å². The standard InChI is InChI=1S/C11H12O3S/c1-7-4-3-5-8(11(13)15)9(7)6-10(12)14-2/h3-5H,6H2,1-2H3,(H,13,15). The van der Waals surface area contributed by atoms with Crippen molar-refractivity contribution in [1.29, 1.82) is 0 Å². The molecule has 1 aromatic carbocycles. The highest BCUT2D eigenvalue weighted by Crippen LogP contribution is 2.17. The minimum atomic E-state index is -0.361. The molecule has 0 bridgehead atoms. The van der Waals surface area contributed by atoms with Gasteiger partial charge in [-0.05, 0) is 18.1 Å². The van der Waals surface area contributed by atoms with Crippen molar-refractivity contribution in [3.8, 4) is 0 Å². The highest BCUT2D eigenvalue weighted by molar-refractivity contribution is 7.97. The summed E-state index contributed by atoms with van der Waals surface area (Å²) in [5.41, 5.74) is 2.04. The molecule has 0 spiro atoms. The Bertz CT molecular complexity index is 399. The topological polar surface area (TPSA) is 43.4 Å². The first-order valence-electron chi connectivity index (χ1n) is 4.45. The largest absolute Gasteiger partial charge is 0.469 e. The van der Waals surface area contributed by atoms with Gasteiger partial charge in [0.2, 0.25) is 5.12 Å². The van der Waals surface area contributed by atoms with Gasteiger partial charge in [-0.3, -0.25) is 9.59 Å². The molecule has 1 aromatic rings. The second-order valence-corrected chi connectivity index (χ2v) is 3.57. The normalized spacial score (nSPS) is 9.80. The molecule has 15 heavy (non-hydrogen) atoms. The zero-order valence-electron chi connectivity index (χ0n) is 8.61. The van der Waals surface area contributed by atoms with E-state index in [-0.39, 0.29) is 17.5 Å². The molecule has 0 aliphatic heterocycles. The summed E-state index contributed by atoms with van der Waals surface area (Å²) in [7, 11) is 1.32. The molecule has 0 fully saturated rings. The van der Waals surface area contributed by atoms with E-state index < -0.39 is 0 Å². The molecule has 0 aliphatic rings.